The van der Waals surface area contributed by atoms with Crippen molar-refractivity contribution in [2.24, 2.45) is 16.6 Å². The topological polar surface area (TPSA) is 29.3 Å². The Hall–Kier alpha value is -0.0800. The molecule has 2 nitrogen and oxygen atoms in total. The maximum Gasteiger partial charge on any atom is 0.0295 e. The maximum atomic E-state index is 6.33. The van der Waals surface area contributed by atoms with E-state index < -0.39 is 0 Å². The Kier molecular flexibility index (Phi) is 4.07. The lowest BCUT2D eigenvalue weighted by Gasteiger charge is -2.42. The van der Waals surface area contributed by atoms with Crippen LogP contribution in [0.3, 0.4) is 0 Å². The van der Waals surface area contributed by atoms with Crippen molar-refractivity contribution in [3.8, 4) is 0 Å². The summed E-state index contributed by atoms with van der Waals surface area (Å²) in [5.74, 6) is 0. The molecular weight excluding hydrogens is 196 g/mol. The van der Waals surface area contributed by atoms with Gasteiger partial charge in [0.15, 0.2) is 0 Å². The molecule has 1 heterocycles. The van der Waals surface area contributed by atoms with E-state index in [1.165, 1.54) is 19.5 Å². The average Bonchev–Trinajstić information content (AvgIpc) is 2.43. The van der Waals surface area contributed by atoms with Gasteiger partial charge in [0, 0.05) is 18.6 Å². The minimum Gasteiger partial charge on any atom is -0.326 e. The van der Waals surface area contributed by atoms with E-state index in [1.54, 1.807) is 0 Å². The number of nitrogens with zero attached hydrogens (tertiary/aromatic N) is 1. The molecule has 2 heteroatoms. The first-order valence-corrected chi connectivity index (χ1v) is 6.67. The van der Waals surface area contributed by atoms with Crippen molar-refractivity contribution < 1.29 is 0 Å². The van der Waals surface area contributed by atoms with E-state index in [1.807, 2.05) is 0 Å². The highest BCUT2D eigenvalue weighted by Crippen LogP contribution is 2.36. The Labute approximate surface area is 102 Å². The predicted molar refractivity (Wildman–Crippen MR) is 71.5 cm³/mol. The highest BCUT2D eigenvalue weighted by molar-refractivity contribution is 4.95. The van der Waals surface area contributed by atoms with Crippen molar-refractivity contribution in [1.82, 2.24) is 4.90 Å². The first-order valence-electron chi connectivity index (χ1n) is 6.67. The molecule has 0 aliphatic carbocycles. The molecule has 1 aliphatic heterocycles. The lowest BCUT2D eigenvalue weighted by atomic mass is 9.80. The van der Waals surface area contributed by atoms with Crippen molar-refractivity contribution in [1.29, 1.82) is 0 Å². The van der Waals surface area contributed by atoms with Gasteiger partial charge in [-0.05, 0) is 30.2 Å². The second-order valence-corrected chi connectivity index (χ2v) is 7.27. The molecule has 1 fully saturated rings. The number of hydrogen-bond acceptors (Lipinski definition) is 2. The van der Waals surface area contributed by atoms with E-state index in [0.717, 1.165) is 6.42 Å². The predicted octanol–water partition coefficient (Wildman–Crippen LogP) is 2.87. The van der Waals surface area contributed by atoms with Crippen LogP contribution in [-0.2, 0) is 0 Å². The van der Waals surface area contributed by atoms with Gasteiger partial charge >= 0.3 is 0 Å². The summed E-state index contributed by atoms with van der Waals surface area (Å²) in [6, 6.07) is 0.813. The zero-order valence-corrected chi connectivity index (χ0v) is 12.0. The van der Waals surface area contributed by atoms with Gasteiger partial charge in [-0.25, -0.2) is 0 Å². The van der Waals surface area contributed by atoms with E-state index in [-0.39, 0.29) is 5.41 Å². The van der Waals surface area contributed by atoms with E-state index in [4.69, 9.17) is 5.73 Å². The smallest absolute Gasteiger partial charge is 0.0295 e. The minimum absolute atomic E-state index is 0.274. The van der Waals surface area contributed by atoms with Crippen LogP contribution in [0.1, 0.15) is 54.4 Å². The fourth-order valence-corrected chi connectivity index (χ4v) is 3.08. The fraction of sp³-hybridized carbons (Fsp3) is 1.00. The summed E-state index contributed by atoms with van der Waals surface area (Å²) in [6.07, 6.45) is 2.37. The standard InChI is InChI=1S/C14H30N2/c1-7-11(15)12(13(2,3)4)16-9-8-14(5,6)10-16/h11-12H,7-10,15H2,1-6H3. The second-order valence-electron chi connectivity index (χ2n) is 7.27. The highest BCUT2D eigenvalue weighted by atomic mass is 15.2. The fourth-order valence-electron chi connectivity index (χ4n) is 3.08. The van der Waals surface area contributed by atoms with Gasteiger partial charge in [-0.3, -0.25) is 4.90 Å². The summed E-state index contributed by atoms with van der Waals surface area (Å²) >= 11 is 0. The minimum atomic E-state index is 0.274. The Morgan fingerprint density at radius 2 is 1.88 bits per heavy atom. The molecule has 0 aromatic heterocycles. The van der Waals surface area contributed by atoms with Crippen molar-refractivity contribution in [2.45, 2.75) is 66.5 Å². The van der Waals surface area contributed by atoms with Gasteiger partial charge in [0.2, 0.25) is 0 Å². The van der Waals surface area contributed by atoms with Crippen LogP contribution in [0.4, 0.5) is 0 Å². The lowest BCUT2D eigenvalue weighted by Crippen LogP contribution is -2.54. The van der Waals surface area contributed by atoms with Gasteiger partial charge in [-0.1, -0.05) is 41.5 Å². The Bertz CT molecular complexity index is 227. The molecule has 0 aromatic carbocycles. The summed E-state index contributed by atoms with van der Waals surface area (Å²) in [4.78, 5) is 2.62. The second kappa shape index (κ2) is 4.66. The largest absolute Gasteiger partial charge is 0.326 e. The van der Waals surface area contributed by atoms with E-state index in [2.05, 4.69) is 46.4 Å². The zero-order chi connectivity index (χ0) is 12.6. The quantitative estimate of drug-likeness (QED) is 0.802. The Morgan fingerprint density at radius 3 is 2.19 bits per heavy atom. The summed E-state index contributed by atoms with van der Waals surface area (Å²) in [5, 5.41) is 0. The molecule has 0 saturated carbocycles. The molecule has 2 N–H and O–H groups in total. The molecule has 2 atom stereocenters. The van der Waals surface area contributed by atoms with Crippen LogP contribution in [0.5, 0.6) is 0 Å². The first-order chi connectivity index (χ1) is 7.17. The molecule has 1 aliphatic rings. The zero-order valence-electron chi connectivity index (χ0n) is 12.0. The first kappa shape index (κ1) is 14.0. The van der Waals surface area contributed by atoms with Gasteiger partial charge in [0.25, 0.3) is 0 Å². The van der Waals surface area contributed by atoms with E-state index in [9.17, 15) is 0 Å². The molecule has 2 unspecified atom stereocenters. The maximum absolute atomic E-state index is 6.33. The highest BCUT2D eigenvalue weighted by Gasteiger charge is 2.40. The van der Waals surface area contributed by atoms with Crippen LogP contribution in [0.25, 0.3) is 0 Å². The Balaban J connectivity index is 2.79. The third-order valence-corrected chi connectivity index (χ3v) is 3.86. The molecule has 1 saturated heterocycles. The molecule has 16 heavy (non-hydrogen) atoms. The number of likely N-dealkylation sites (tertiary alicyclic amines) is 1. The van der Waals surface area contributed by atoms with Crippen LogP contribution < -0.4 is 5.73 Å². The summed E-state index contributed by atoms with van der Waals surface area (Å²) < 4.78 is 0. The lowest BCUT2D eigenvalue weighted by molar-refractivity contribution is 0.0894. The van der Waals surface area contributed by atoms with Gasteiger partial charge in [-0.15, -0.1) is 0 Å². The summed E-state index contributed by atoms with van der Waals surface area (Å²) in [5.41, 5.74) is 7.07. The molecule has 96 valence electrons. The van der Waals surface area contributed by atoms with Crippen molar-refractivity contribution >= 4 is 0 Å². The number of hydrogen-bond donors (Lipinski definition) is 1. The third-order valence-electron chi connectivity index (χ3n) is 3.86. The van der Waals surface area contributed by atoms with Gasteiger partial charge < -0.3 is 5.73 Å². The molecule has 1 rings (SSSR count). The summed E-state index contributed by atoms with van der Waals surface area (Å²) in [7, 11) is 0. The molecule has 0 aromatic rings. The van der Waals surface area contributed by atoms with Gasteiger partial charge in [0.05, 0.1) is 0 Å². The molecule has 0 amide bonds. The normalized spacial score (nSPS) is 25.7. The van der Waals surface area contributed by atoms with E-state index in [0.29, 0.717) is 17.5 Å². The van der Waals surface area contributed by atoms with Crippen molar-refractivity contribution in [3.63, 3.8) is 0 Å². The molecular formula is C14H30N2. The molecule has 0 bridgehead atoms. The van der Waals surface area contributed by atoms with E-state index >= 15 is 0 Å². The van der Waals surface area contributed by atoms with Crippen LogP contribution in [0.15, 0.2) is 0 Å². The Morgan fingerprint density at radius 1 is 1.31 bits per heavy atom. The average molecular weight is 226 g/mol. The third kappa shape index (κ3) is 3.21. The van der Waals surface area contributed by atoms with Gasteiger partial charge in [0.1, 0.15) is 0 Å². The summed E-state index contributed by atoms with van der Waals surface area (Å²) in [6.45, 7) is 16.3. The number of rotatable bonds is 3. The SMILES string of the molecule is CCC(N)C(N1CCC(C)(C)C1)C(C)(C)C. The van der Waals surface area contributed by atoms with Crippen LogP contribution >= 0.6 is 0 Å². The monoisotopic (exact) mass is 226 g/mol. The van der Waals surface area contributed by atoms with Crippen molar-refractivity contribution in [2.75, 3.05) is 13.1 Å². The van der Waals surface area contributed by atoms with Gasteiger partial charge in [-0.2, -0.15) is 0 Å². The molecule has 0 radical (unpaired) electrons. The van der Waals surface area contributed by atoms with Crippen LogP contribution in [0.2, 0.25) is 0 Å². The van der Waals surface area contributed by atoms with Crippen LogP contribution in [0, 0.1) is 10.8 Å². The van der Waals surface area contributed by atoms with Crippen molar-refractivity contribution in [3.05, 3.63) is 0 Å². The van der Waals surface area contributed by atoms with Crippen LogP contribution in [-0.4, -0.2) is 30.1 Å². The number of nitrogens with two attached hydrogens (primary N) is 1. The molecule has 0 spiro atoms.